The van der Waals surface area contributed by atoms with Crippen LogP contribution in [0.4, 0.5) is 0 Å². The van der Waals surface area contributed by atoms with E-state index in [0.717, 1.165) is 0 Å². The third-order valence-electron chi connectivity index (χ3n) is 1.40. The molecule has 0 aromatic rings. The first-order chi connectivity index (χ1) is 4.31. The molecule has 0 bridgehead atoms. The van der Waals surface area contributed by atoms with Crippen molar-refractivity contribution in [2.75, 3.05) is 7.05 Å². The molecule has 0 unspecified atom stereocenters. The van der Waals surface area contributed by atoms with Crippen LogP contribution < -0.4 is 5.32 Å². The topological polar surface area (TPSA) is 12.0 Å². The van der Waals surface area contributed by atoms with Crippen LogP contribution >= 0.6 is 0 Å². The molecule has 0 fully saturated rings. The van der Waals surface area contributed by atoms with Crippen molar-refractivity contribution >= 4 is 0 Å². The van der Waals surface area contributed by atoms with Gasteiger partial charge in [0.1, 0.15) is 0 Å². The van der Waals surface area contributed by atoms with E-state index in [-0.39, 0.29) is 0 Å². The SMILES string of the molecule is CCCC/C=C(/C)NC. The molecule has 54 valence electrons. The fraction of sp³-hybridized carbons (Fsp3) is 0.750. The molecule has 1 N–H and O–H groups in total. The second-order valence-electron chi connectivity index (χ2n) is 2.28. The third-order valence-corrected chi connectivity index (χ3v) is 1.40. The summed E-state index contributed by atoms with van der Waals surface area (Å²) in [4.78, 5) is 0. The molecule has 0 radical (unpaired) electrons. The molecular weight excluding hydrogens is 110 g/mol. The summed E-state index contributed by atoms with van der Waals surface area (Å²) in [5, 5.41) is 3.08. The van der Waals surface area contributed by atoms with Gasteiger partial charge in [-0.2, -0.15) is 0 Å². The summed E-state index contributed by atoms with van der Waals surface area (Å²) in [6, 6.07) is 0. The Hall–Kier alpha value is -0.460. The van der Waals surface area contributed by atoms with E-state index in [1.165, 1.54) is 25.0 Å². The summed E-state index contributed by atoms with van der Waals surface area (Å²) in [5.74, 6) is 0. The molecule has 0 atom stereocenters. The zero-order chi connectivity index (χ0) is 7.11. The lowest BCUT2D eigenvalue weighted by Crippen LogP contribution is -2.00. The molecule has 0 amide bonds. The van der Waals surface area contributed by atoms with E-state index in [1.807, 2.05) is 7.05 Å². The molecule has 9 heavy (non-hydrogen) atoms. The average molecular weight is 127 g/mol. The Balaban J connectivity index is 3.21. The van der Waals surface area contributed by atoms with Gasteiger partial charge in [-0.25, -0.2) is 0 Å². The van der Waals surface area contributed by atoms with Crippen molar-refractivity contribution in [3.05, 3.63) is 11.8 Å². The number of allylic oxidation sites excluding steroid dienone is 2. The number of rotatable bonds is 4. The minimum absolute atomic E-state index is 1.21. The van der Waals surface area contributed by atoms with E-state index in [4.69, 9.17) is 0 Å². The van der Waals surface area contributed by atoms with E-state index in [2.05, 4.69) is 25.2 Å². The van der Waals surface area contributed by atoms with Crippen LogP contribution in [0.5, 0.6) is 0 Å². The van der Waals surface area contributed by atoms with Crippen molar-refractivity contribution in [2.45, 2.75) is 33.1 Å². The van der Waals surface area contributed by atoms with Gasteiger partial charge in [0.2, 0.25) is 0 Å². The first-order valence-corrected chi connectivity index (χ1v) is 3.65. The normalized spacial score (nSPS) is 11.7. The largest absolute Gasteiger partial charge is 0.392 e. The van der Waals surface area contributed by atoms with Gasteiger partial charge in [-0.05, 0) is 13.3 Å². The summed E-state index contributed by atoms with van der Waals surface area (Å²) >= 11 is 0. The maximum Gasteiger partial charge on any atom is 0.00319 e. The fourth-order valence-corrected chi connectivity index (χ4v) is 0.625. The van der Waals surface area contributed by atoms with Crippen LogP contribution in [0, 0.1) is 0 Å². The van der Waals surface area contributed by atoms with Gasteiger partial charge in [0.15, 0.2) is 0 Å². The molecule has 0 aliphatic heterocycles. The summed E-state index contributed by atoms with van der Waals surface area (Å²) in [6.45, 7) is 4.30. The highest BCUT2D eigenvalue weighted by Crippen LogP contribution is 1.97. The average Bonchev–Trinajstić information content (AvgIpc) is 1.89. The summed E-state index contributed by atoms with van der Waals surface area (Å²) in [7, 11) is 1.96. The van der Waals surface area contributed by atoms with E-state index >= 15 is 0 Å². The summed E-state index contributed by atoms with van der Waals surface area (Å²) in [6.07, 6.45) is 6.04. The molecular formula is C8H17N. The smallest absolute Gasteiger partial charge is 0.00319 e. The maximum absolute atomic E-state index is 3.08. The molecule has 0 spiro atoms. The van der Waals surface area contributed by atoms with E-state index in [0.29, 0.717) is 0 Å². The zero-order valence-electron chi connectivity index (χ0n) is 6.70. The highest BCUT2D eigenvalue weighted by Gasteiger charge is 1.81. The van der Waals surface area contributed by atoms with Gasteiger partial charge in [-0.15, -0.1) is 0 Å². The first-order valence-electron chi connectivity index (χ1n) is 3.65. The maximum atomic E-state index is 3.08. The lowest BCUT2D eigenvalue weighted by molar-refractivity contribution is 0.802. The van der Waals surface area contributed by atoms with Gasteiger partial charge < -0.3 is 5.32 Å². The molecule has 0 aliphatic carbocycles. The highest BCUT2D eigenvalue weighted by atomic mass is 14.8. The Morgan fingerprint density at radius 2 is 2.22 bits per heavy atom. The standard InChI is InChI=1S/C8H17N/c1-4-5-6-7-8(2)9-3/h7,9H,4-6H2,1-3H3/b8-7-. The zero-order valence-corrected chi connectivity index (χ0v) is 6.70. The monoisotopic (exact) mass is 127 g/mol. The van der Waals surface area contributed by atoms with Crippen LogP contribution in [-0.4, -0.2) is 7.05 Å². The van der Waals surface area contributed by atoms with Crippen LogP contribution in [-0.2, 0) is 0 Å². The molecule has 0 aromatic carbocycles. The third kappa shape index (κ3) is 5.41. The van der Waals surface area contributed by atoms with Crippen molar-refractivity contribution in [3.8, 4) is 0 Å². The molecule has 0 saturated carbocycles. The second-order valence-corrected chi connectivity index (χ2v) is 2.28. The van der Waals surface area contributed by atoms with Crippen LogP contribution in [0.25, 0.3) is 0 Å². The van der Waals surface area contributed by atoms with Crippen molar-refractivity contribution in [1.29, 1.82) is 0 Å². The van der Waals surface area contributed by atoms with Gasteiger partial charge in [0.05, 0.1) is 0 Å². The van der Waals surface area contributed by atoms with E-state index in [1.54, 1.807) is 0 Å². The van der Waals surface area contributed by atoms with E-state index < -0.39 is 0 Å². The molecule has 0 saturated heterocycles. The Kier molecular flexibility index (Phi) is 5.38. The van der Waals surface area contributed by atoms with Crippen LogP contribution in [0.15, 0.2) is 11.8 Å². The molecule has 1 nitrogen and oxygen atoms in total. The van der Waals surface area contributed by atoms with Crippen molar-refractivity contribution < 1.29 is 0 Å². The predicted octanol–water partition coefficient (Wildman–Crippen LogP) is 2.30. The van der Waals surface area contributed by atoms with Crippen LogP contribution in [0.1, 0.15) is 33.1 Å². The van der Waals surface area contributed by atoms with E-state index in [9.17, 15) is 0 Å². The molecule has 0 heterocycles. The molecule has 0 aromatic heterocycles. The number of unbranched alkanes of at least 4 members (excludes halogenated alkanes) is 2. The van der Waals surface area contributed by atoms with Crippen molar-refractivity contribution in [2.24, 2.45) is 0 Å². The molecule has 1 heteroatoms. The van der Waals surface area contributed by atoms with Gasteiger partial charge >= 0.3 is 0 Å². The Labute approximate surface area is 58.2 Å². The van der Waals surface area contributed by atoms with Crippen LogP contribution in [0.2, 0.25) is 0 Å². The first kappa shape index (κ1) is 8.54. The summed E-state index contributed by atoms with van der Waals surface area (Å²) < 4.78 is 0. The highest BCUT2D eigenvalue weighted by molar-refractivity contribution is 4.93. The van der Waals surface area contributed by atoms with Crippen molar-refractivity contribution in [1.82, 2.24) is 5.32 Å². The fourth-order valence-electron chi connectivity index (χ4n) is 0.625. The number of hydrogen-bond acceptors (Lipinski definition) is 1. The van der Waals surface area contributed by atoms with Crippen molar-refractivity contribution in [3.63, 3.8) is 0 Å². The van der Waals surface area contributed by atoms with Gasteiger partial charge in [-0.1, -0.05) is 25.8 Å². The Morgan fingerprint density at radius 3 is 2.67 bits per heavy atom. The minimum Gasteiger partial charge on any atom is -0.392 e. The lowest BCUT2D eigenvalue weighted by atomic mass is 10.2. The number of nitrogens with one attached hydrogen (secondary N) is 1. The molecule has 0 rings (SSSR count). The van der Waals surface area contributed by atoms with Gasteiger partial charge in [-0.3, -0.25) is 0 Å². The molecule has 0 aliphatic rings. The van der Waals surface area contributed by atoms with Crippen LogP contribution in [0.3, 0.4) is 0 Å². The predicted molar refractivity (Wildman–Crippen MR) is 42.3 cm³/mol. The van der Waals surface area contributed by atoms with Gasteiger partial charge in [0, 0.05) is 12.7 Å². The second kappa shape index (κ2) is 5.67. The lowest BCUT2D eigenvalue weighted by Gasteiger charge is -1.96. The Bertz CT molecular complexity index is 84.6. The minimum atomic E-state index is 1.21. The Morgan fingerprint density at radius 1 is 1.56 bits per heavy atom. The summed E-state index contributed by atoms with van der Waals surface area (Å²) in [5.41, 5.74) is 1.28. The van der Waals surface area contributed by atoms with Gasteiger partial charge in [0.25, 0.3) is 0 Å². The number of hydrogen-bond donors (Lipinski definition) is 1. The quantitative estimate of drug-likeness (QED) is 0.571.